The number of aryl methyl sites for hydroxylation is 1. The van der Waals surface area contributed by atoms with Gasteiger partial charge < -0.3 is 10.6 Å². The van der Waals surface area contributed by atoms with Gasteiger partial charge in [0.05, 0.1) is 23.1 Å². The van der Waals surface area contributed by atoms with Crippen LogP contribution in [0.2, 0.25) is 0 Å². The van der Waals surface area contributed by atoms with Gasteiger partial charge in [-0.25, -0.2) is 9.07 Å². The molecule has 1 saturated heterocycles. The largest absolute Gasteiger partial charge is 0.322 e. The highest BCUT2D eigenvalue weighted by atomic mass is 19.1. The number of halogens is 1. The molecule has 1 amide bonds. The van der Waals surface area contributed by atoms with E-state index in [0.717, 1.165) is 37.3 Å². The molecule has 0 atom stereocenters. The number of piperidine rings is 1. The molecule has 1 aliphatic heterocycles. The predicted molar refractivity (Wildman–Crippen MR) is 107 cm³/mol. The zero-order valence-electron chi connectivity index (χ0n) is 15.8. The number of carbonyl (C=O) groups is 1. The summed E-state index contributed by atoms with van der Waals surface area (Å²) in [6, 6.07) is 14.5. The summed E-state index contributed by atoms with van der Waals surface area (Å²) in [5, 5.41) is 10.7. The summed E-state index contributed by atoms with van der Waals surface area (Å²) in [6.45, 7) is 3.52. The maximum Gasteiger partial charge on any atom is 0.259 e. The lowest BCUT2D eigenvalue weighted by Gasteiger charge is -2.24. The molecular weight excluding hydrogens is 355 g/mol. The maximum absolute atomic E-state index is 13.9. The van der Waals surface area contributed by atoms with Crippen molar-refractivity contribution in [2.45, 2.75) is 25.7 Å². The van der Waals surface area contributed by atoms with Gasteiger partial charge in [-0.3, -0.25) is 4.79 Å². The number of rotatable bonds is 4. The normalized spacial score (nSPS) is 14.8. The molecule has 144 valence electrons. The molecule has 5 nitrogen and oxygen atoms in total. The molecule has 28 heavy (non-hydrogen) atoms. The Bertz CT molecular complexity index is 977. The lowest BCUT2D eigenvalue weighted by Crippen LogP contribution is -2.29. The molecule has 0 unspecified atom stereocenters. The molecule has 3 aromatic rings. The molecule has 0 radical (unpaired) electrons. The van der Waals surface area contributed by atoms with Crippen LogP contribution >= 0.6 is 0 Å². The van der Waals surface area contributed by atoms with E-state index in [1.165, 1.54) is 6.07 Å². The molecule has 0 saturated carbocycles. The molecule has 1 aliphatic rings. The van der Waals surface area contributed by atoms with Gasteiger partial charge in [-0.1, -0.05) is 24.3 Å². The fourth-order valence-corrected chi connectivity index (χ4v) is 3.67. The number of anilines is 1. The number of nitrogens with zero attached hydrogens (tertiary/aromatic N) is 2. The fourth-order valence-electron chi connectivity index (χ4n) is 3.67. The summed E-state index contributed by atoms with van der Waals surface area (Å²) < 4.78 is 15.7. The van der Waals surface area contributed by atoms with Crippen LogP contribution in [-0.2, 0) is 0 Å². The van der Waals surface area contributed by atoms with Crippen LogP contribution in [0.3, 0.4) is 0 Å². The Morgan fingerprint density at radius 2 is 1.93 bits per heavy atom. The molecule has 0 spiro atoms. The molecule has 2 heterocycles. The Morgan fingerprint density at radius 1 is 1.18 bits per heavy atom. The number of nitrogens with one attached hydrogen (secondary N) is 2. The second-order valence-electron chi connectivity index (χ2n) is 7.13. The van der Waals surface area contributed by atoms with E-state index in [1.807, 2.05) is 35.0 Å². The first-order valence-corrected chi connectivity index (χ1v) is 9.55. The molecule has 0 bridgehead atoms. The Hall–Kier alpha value is -2.99. The fraction of sp³-hybridized carbons (Fsp3) is 0.273. The van der Waals surface area contributed by atoms with E-state index in [9.17, 15) is 9.18 Å². The van der Waals surface area contributed by atoms with Crippen molar-refractivity contribution in [2.24, 2.45) is 0 Å². The van der Waals surface area contributed by atoms with Crippen molar-refractivity contribution in [1.29, 1.82) is 0 Å². The van der Waals surface area contributed by atoms with Crippen molar-refractivity contribution in [3.8, 4) is 5.69 Å². The number of benzene rings is 2. The van der Waals surface area contributed by atoms with Gasteiger partial charge in [-0.2, -0.15) is 5.10 Å². The first-order valence-electron chi connectivity index (χ1n) is 9.55. The van der Waals surface area contributed by atoms with Crippen LogP contribution in [0, 0.1) is 12.7 Å². The van der Waals surface area contributed by atoms with E-state index in [4.69, 9.17) is 0 Å². The third-order valence-corrected chi connectivity index (χ3v) is 5.21. The number of para-hydroxylation sites is 1. The first kappa shape index (κ1) is 18.4. The van der Waals surface area contributed by atoms with Gasteiger partial charge in [0.25, 0.3) is 5.91 Å². The van der Waals surface area contributed by atoms with E-state index in [-0.39, 0.29) is 17.6 Å². The zero-order chi connectivity index (χ0) is 19.5. The highest BCUT2D eigenvalue weighted by Gasteiger charge is 2.27. The Labute approximate surface area is 163 Å². The average molecular weight is 378 g/mol. The summed E-state index contributed by atoms with van der Waals surface area (Å²) in [4.78, 5) is 13.0. The van der Waals surface area contributed by atoms with E-state index in [0.29, 0.717) is 16.8 Å². The molecule has 6 heteroatoms. The second-order valence-corrected chi connectivity index (χ2v) is 7.13. The van der Waals surface area contributed by atoms with Gasteiger partial charge in [0.15, 0.2) is 0 Å². The third-order valence-electron chi connectivity index (χ3n) is 5.21. The van der Waals surface area contributed by atoms with Crippen molar-refractivity contribution >= 4 is 11.6 Å². The number of hydrogen-bond donors (Lipinski definition) is 2. The Balaban J connectivity index is 1.70. The summed E-state index contributed by atoms with van der Waals surface area (Å²) >= 11 is 0. The number of hydrogen-bond acceptors (Lipinski definition) is 3. The first-order chi connectivity index (χ1) is 13.6. The van der Waals surface area contributed by atoms with Gasteiger partial charge in [-0.15, -0.1) is 0 Å². The van der Waals surface area contributed by atoms with Crippen LogP contribution in [-0.4, -0.2) is 28.8 Å². The van der Waals surface area contributed by atoms with Crippen molar-refractivity contribution in [1.82, 2.24) is 15.1 Å². The number of amides is 1. The average Bonchev–Trinajstić information content (AvgIpc) is 3.17. The topological polar surface area (TPSA) is 59.0 Å². The Morgan fingerprint density at radius 3 is 2.64 bits per heavy atom. The van der Waals surface area contributed by atoms with Crippen LogP contribution < -0.4 is 10.6 Å². The minimum Gasteiger partial charge on any atom is -0.322 e. The monoisotopic (exact) mass is 378 g/mol. The van der Waals surface area contributed by atoms with Gasteiger partial charge >= 0.3 is 0 Å². The summed E-state index contributed by atoms with van der Waals surface area (Å²) in [7, 11) is 0. The van der Waals surface area contributed by atoms with Gasteiger partial charge in [-0.05, 0) is 62.7 Å². The molecule has 1 aromatic heterocycles. The summed E-state index contributed by atoms with van der Waals surface area (Å²) in [6.07, 6.45) is 3.50. The highest BCUT2D eigenvalue weighted by molar-refractivity contribution is 6.05. The van der Waals surface area contributed by atoms with E-state index in [2.05, 4.69) is 15.7 Å². The maximum atomic E-state index is 13.9. The second kappa shape index (κ2) is 7.94. The van der Waals surface area contributed by atoms with Crippen LogP contribution in [0.25, 0.3) is 5.69 Å². The minimum absolute atomic E-state index is 0.236. The van der Waals surface area contributed by atoms with Crippen molar-refractivity contribution in [3.05, 3.63) is 77.4 Å². The molecular formula is C22H23FN4O. The lowest BCUT2D eigenvalue weighted by molar-refractivity contribution is 0.102. The van der Waals surface area contributed by atoms with Crippen LogP contribution in [0.1, 0.15) is 40.4 Å². The Kier molecular flexibility index (Phi) is 5.21. The lowest BCUT2D eigenvalue weighted by atomic mass is 9.91. The van der Waals surface area contributed by atoms with Gasteiger partial charge in [0, 0.05) is 11.6 Å². The zero-order valence-corrected chi connectivity index (χ0v) is 15.8. The predicted octanol–water partition coefficient (Wildman–Crippen LogP) is 4.04. The summed E-state index contributed by atoms with van der Waals surface area (Å²) in [5.41, 5.74) is 3.37. The van der Waals surface area contributed by atoms with Crippen molar-refractivity contribution < 1.29 is 9.18 Å². The standard InChI is InChI=1S/C22H23FN4O/c1-15-7-8-17(13-20(15)23)26-22(28)19-14-25-27(18-5-3-2-4-6-18)21(19)16-9-11-24-12-10-16/h2-8,13-14,16,24H,9-12H2,1H3,(H,26,28). The number of aromatic nitrogens is 2. The number of carbonyl (C=O) groups excluding carboxylic acids is 1. The molecule has 0 aliphatic carbocycles. The third kappa shape index (κ3) is 3.68. The quantitative estimate of drug-likeness (QED) is 0.720. The van der Waals surface area contributed by atoms with Gasteiger partial charge in [0.1, 0.15) is 5.82 Å². The van der Waals surface area contributed by atoms with E-state index in [1.54, 1.807) is 25.3 Å². The van der Waals surface area contributed by atoms with Gasteiger partial charge in [0.2, 0.25) is 0 Å². The highest BCUT2D eigenvalue weighted by Crippen LogP contribution is 2.30. The minimum atomic E-state index is -0.337. The van der Waals surface area contributed by atoms with Crippen molar-refractivity contribution in [2.75, 3.05) is 18.4 Å². The van der Waals surface area contributed by atoms with E-state index >= 15 is 0 Å². The molecule has 2 aromatic carbocycles. The van der Waals surface area contributed by atoms with Crippen molar-refractivity contribution in [3.63, 3.8) is 0 Å². The van der Waals surface area contributed by atoms with Crippen LogP contribution in [0.15, 0.2) is 54.7 Å². The van der Waals surface area contributed by atoms with Crippen LogP contribution in [0.4, 0.5) is 10.1 Å². The molecule has 2 N–H and O–H groups in total. The van der Waals surface area contributed by atoms with E-state index < -0.39 is 0 Å². The molecule has 1 fully saturated rings. The smallest absolute Gasteiger partial charge is 0.259 e. The van der Waals surface area contributed by atoms with Crippen LogP contribution in [0.5, 0.6) is 0 Å². The molecule has 4 rings (SSSR count). The summed E-state index contributed by atoms with van der Waals surface area (Å²) in [5.74, 6) is -0.366. The SMILES string of the molecule is Cc1ccc(NC(=O)c2cnn(-c3ccccc3)c2C2CCNCC2)cc1F.